The first kappa shape index (κ1) is 15.6. The van der Waals surface area contributed by atoms with Crippen molar-refractivity contribution < 1.29 is 0 Å². The third kappa shape index (κ3) is 3.26. The van der Waals surface area contributed by atoms with Crippen molar-refractivity contribution in [1.82, 2.24) is 0 Å². The molecule has 0 heterocycles. The van der Waals surface area contributed by atoms with Crippen LogP contribution in [0.5, 0.6) is 0 Å². The summed E-state index contributed by atoms with van der Waals surface area (Å²) in [5.41, 5.74) is 11.0. The van der Waals surface area contributed by atoms with Crippen molar-refractivity contribution in [3.8, 4) is 0 Å². The number of hydrogen-bond acceptors (Lipinski definition) is 0. The zero-order valence-corrected chi connectivity index (χ0v) is 14.2. The summed E-state index contributed by atoms with van der Waals surface area (Å²) in [7, 11) is 0. The molecule has 0 radical (unpaired) electrons. The standard InChI is InChI=1S/C21H26/c1-7-20(18(6)19-10-8-14(2)9-11-19)21-13-15(3)12-16(4)17(21)5/h8-13H,7H2,1-6H3/b20-18+. The van der Waals surface area contributed by atoms with Crippen LogP contribution < -0.4 is 0 Å². The molecule has 0 aliphatic carbocycles. The van der Waals surface area contributed by atoms with Crippen molar-refractivity contribution in [3.05, 3.63) is 69.8 Å². The first-order valence-electron chi connectivity index (χ1n) is 7.79. The van der Waals surface area contributed by atoms with Crippen molar-refractivity contribution in [2.75, 3.05) is 0 Å². The summed E-state index contributed by atoms with van der Waals surface area (Å²) >= 11 is 0. The molecule has 0 aromatic heterocycles. The van der Waals surface area contributed by atoms with E-state index in [9.17, 15) is 0 Å². The second-order valence-corrected chi connectivity index (χ2v) is 6.08. The molecular weight excluding hydrogens is 252 g/mol. The molecule has 0 unspecified atom stereocenters. The number of rotatable bonds is 3. The van der Waals surface area contributed by atoms with Crippen molar-refractivity contribution in [2.45, 2.75) is 48.0 Å². The van der Waals surface area contributed by atoms with Gasteiger partial charge in [0.2, 0.25) is 0 Å². The van der Waals surface area contributed by atoms with Gasteiger partial charge in [0, 0.05) is 0 Å². The van der Waals surface area contributed by atoms with Crippen LogP contribution in [0.25, 0.3) is 11.1 Å². The highest BCUT2D eigenvalue weighted by Crippen LogP contribution is 2.32. The van der Waals surface area contributed by atoms with Crippen LogP contribution in [0.2, 0.25) is 0 Å². The van der Waals surface area contributed by atoms with E-state index in [-0.39, 0.29) is 0 Å². The molecule has 110 valence electrons. The maximum absolute atomic E-state index is 2.33. The number of aryl methyl sites for hydroxylation is 3. The van der Waals surface area contributed by atoms with Crippen LogP contribution >= 0.6 is 0 Å². The lowest BCUT2D eigenvalue weighted by atomic mass is 9.88. The number of benzene rings is 2. The summed E-state index contributed by atoms with van der Waals surface area (Å²) in [4.78, 5) is 0. The maximum Gasteiger partial charge on any atom is -0.0187 e. The normalized spacial score (nSPS) is 12.3. The second-order valence-electron chi connectivity index (χ2n) is 6.08. The Kier molecular flexibility index (Phi) is 4.67. The van der Waals surface area contributed by atoms with Crippen molar-refractivity contribution in [2.24, 2.45) is 0 Å². The van der Waals surface area contributed by atoms with Crippen LogP contribution in [0.1, 0.15) is 53.6 Å². The molecule has 0 nitrogen and oxygen atoms in total. The summed E-state index contributed by atoms with van der Waals surface area (Å²) in [6.07, 6.45) is 1.06. The highest BCUT2D eigenvalue weighted by Gasteiger charge is 2.11. The third-order valence-corrected chi connectivity index (χ3v) is 4.43. The molecule has 0 fully saturated rings. The molecule has 0 N–H and O–H groups in total. The number of allylic oxidation sites excluding steroid dienone is 2. The Balaban J connectivity index is 2.62. The Bertz CT molecular complexity index is 670. The first-order valence-corrected chi connectivity index (χ1v) is 7.79. The fraction of sp³-hybridized carbons (Fsp3) is 0.333. The topological polar surface area (TPSA) is 0 Å². The van der Waals surface area contributed by atoms with Gasteiger partial charge in [-0.1, -0.05) is 54.4 Å². The molecule has 2 rings (SSSR count). The average molecular weight is 278 g/mol. The molecule has 2 aromatic rings. The molecule has 0 spiro atoms. The van der Waals surface area contributed by atoms with Gasteiger partial charge in [-0.15, -0.1) is 0 Å². The van der Waals surface area contributed by atoms with E-state index in [0.717, 1.165) is 6.42 Å². The average Bonchev–Trinajstić information content (AvgIpc) is 2.45. The monoisotopic (exact) mass is 278 g/mol. The SMILES string of the molecule is CC/C(=C(/C)c1ccc(C)cc1)c1cc(C)cc(C)c1C. The first-order chi connectivity index (χ1) is 9.93. The van der Waals surface area contributed by atoms with E-state index in [0.29, 0.717) is 0 Å². The largest absolute Gasteiger partial charge is 0.0613 e. The second kappa shape index (κ2) is 6.30. The Labute approximate surface area is 129 Å². The minimum absolute atomic E-state index is 1.06. The van der Waals surface area contributed by atoms with Crippen LogP contribution in [0.3, 0.4) is 0 Å². The number of hydrogen-bond donors (Lipinski definition) is 0. The maximum atomic E-state index is 2.33. The van der Waals surface area contributed by atoms with Gasteiger partial charge in [-0.25, -0.2) is 0 Å². The van der Waals surface area contributed by atoms with Gasteiger partial charge in [0.1, 0.15) is 0 Å². The van der Waals surface area contributed by atoms with E-state index in [1.807, 2.05) is 0 Å². The van der Waals surface area contributed by atoms with Crippen LogP contribution in [0, 0.1) is 27.7 Å². The Morgan fingerprint density at radius 1 is 0.857 bits per heavy atom. The highest BCUT2D eigenvalue weighted by molar-refractivity contribution is 5.91. The molecule has 0 aliphatic heterocycles. The highest BCUT2D eigenvalue weighted by atomic mass is 14.2. The quantitative estimate of drug-likeness (QED) is 0.581. The molecule has 0 bridgehead atoms. The van der Waals surface area contributed by atoms with Crippen molar-refractivity contribution in [3.63, 3.8) is 0 Å². The smallest absolute Gasteiger partial charge is 0.0187 e. The fourth-order valence-corrected chi connectivity index (χ4v) is 2.99. The van der Waals surface area contributed by atoms with Gasteiger partial charge >= 0.3 is 0 Å². The molecule has 0 saturated carbocycles. The lowest BCUT2D eigenvalue weighted by Crippen LogP contribution is -1.96. The molecule has 0 atom stereocenters. The summed E-state index contributed by atoms with van der Waals surface area (Å²) < 4.78 is 0. The summed E-state index contributed by atoms with van der Waals surface area (Å²) in [6.45, 7) is 13.3. The van der Waals surface area contributed by atoms with E-state index in [4.69, 9.17) is 0 Å². The minimum atomic E-state index is 1.06. The van der Waals surface area contributed by atoms with E-state index >= 15 is 0 Å². The predicted octanol–water partition coefficient (Wildman–Crippen LogP) is 6.26. The summed E-state index contributed by atoms with van der Waals surface area (Å²) in [5, 5.41) is 0. The van der Waals surface area contributed by atoms with E-state index in [1.54, 1.807) is 0 Å². The van der Waals surface area contributed by atoms with Gasteiger partial charge in [-0.2, -0.15) is 0 Å². The molecule has 21 heavy (non-hydrogen) atoms. The summed E-state index contributed by atoms with van der Waals surface area (Å²) in [5.74, 6) is 0. The van der Waals surface area contributed by atoms with E-state index in [2.05, 4.69) is 77.9 Å². The molecule has 0 amide bonds. The molecular formula is C21H26. The van der Waals surface area contributed by atoms with Gasteiger partial charge in [0.25, 0.3) is 0 Å². The van der Waals surface area contributed by atoms with Crippen LogP contribution in [-0.4, -0.2) is 0 Å². The van der Waals surface area contributed by atoms with E-state index in [1.165, 1.54) is 44.5 Å². The predicted molar refractivity (Wildman–Crippen MR) is 94.6 cm³/mol. The van der Waals surface area contributed by atoms with E-state index < -0.39 is 0 Å². The molecule has 2 aromatic carbocycles. The van der Waals surface area contributed by atoms with Crippen molar-refractivity contribution >= 4 is 11.1 Å². The van der Waals surface area contributed by atoms with Gasteiger partial charge in [-0.3, -0.25) is 0 Å². The zero-order chi connectivity index (χ0) is 15.6. The molecule has 0 heteroatoms. The third-order valence-electron chi connectivity index (χ3n) is 4.43. The van der Waals surface area contributed by atoms with Crippen LogP contribution in [0.15, 0.2) is 36.4 Å². The van der Waals surface area contributed by atoms with Gasteiger partial charge in [0.05, 0.1) is 0 Å². The lowest BCUT2D eigenvalue weighted by Gasteiger charge is -2.17. The van der Waals surface area contributed by atoms with Gasteiger partial charge in [0.15, 0.2) is 0 Å². The van der Waals surface area contributed by atoms with Gasteiger partial charge < -0.3 is 0 Å². The lowest BCUT2D eigenvalue weighted by molar-refractivity contribution is 1.20. The zero-order valence-electron chi connectivity index (χ0n) is 14.2. The Hall–Kier alpha value is -1.82. The minimum Gasteiger partial charge on any atom is -0.0613 e. The molecule has 0 aliphatic rings. The van der Waals surface area contributed by atoms with Gasteiger partial charge in [-0.05, 0) is 74.4 Å². The van der Waals surface area contributed by atoms with Crippen LogP contribution in [-0.2, 0) is 0 Å². The Morgan fingerprint density at radius 3 is 2.05 bits per heavy atom. The molecule has 0 saturated heterocycles. The summed E-state index contributed by atoms with van der Waals surface area (Å²) in [6, 6.07) is 13.5. The Morgan fingerprint density at radius 2 is 1.48 bits per heavy atom. The fourth-order valence-electron chi connectivity index (χ4n) is 2.99. The van der Waals surface area contributed by atoms with Crippen molar-refractivity contribution in [1.29, 1.82) is 0 Å². The van der Waals surface area contributed by atoms with Crippen LogP contribution in [0.4, 0.5) is 0 Å².